The van der Waals surface area contributed by atoms with Gasteiger partial charge in [-0.1, -0.05) is 60.3 Å². The minimum atomic E-state index is 0.00254. The van der Waals surface area contributed by atoms with Gasteiger partial charge in [-0.05, 0) is 42.7 Å². The third kappa shape index (κ3) is 4.29. The number of amides is 1. The van der Waals surface area contributed by atoms with Crippen LogP contribution in [-0.4, -0.2) is 38.0 Å². The fourth-order valence-corrected chi connectivity index (χ4v) is 4.60. The molecule has 2 aromatic heterocycles. The van der Waals surface area contributed by atoms with Crippen molar-refractivity contribution >= 4 is 17.7 Å². The molecule has 0 saturated heterocycles. The molecular weight excluding hydrogens is 418 g/mol. The Morgan fingerprint density at radius 1 is 0.969 bits per heavy atom. The van der Waals surface area contributed by atoms with Gasteiger partial charge in [0.2, 0.25) is 5.91 Å². The summed E-state index contributed by atoms with van der Waals surface area (Å²) in [6.45, 7) is 0.669. The smallest absolute Gasteiger partial charge is 0.230 e. The zero-order valence-electron chi connectivity index (χ0n) is 17.5. The molecule has 1 saturated carbocycles. The standard InChI is InChI=1S/C25H23N5OS/c31-22(27-18-25(13-14-25)20-9-3-1-4-10-20)17-32-24-29-28-23(19-8-7-15-26-16-19)30(24)21-11-5-2-6-12-21/h1-12,15-16H,13-14,17-18H2,(H,27,31). The quantitative estimate of drug-likeness (QED) is 0.414. The summed E-state index contributed by atoms with van der Waals surface area (Å²) in [5.41, 5.74) is 3.22. The van der Waals surface area contributed by atoms with E-state index in [9.17, 15) is 4.79 Å². The predicted octanol–water partition coefficient (Wildman–Crippen LogP) is 4.27. The summed E-state index contributed by atoms with van der Waals surface area (Å²) in [7, 11) is 0. The second-order valence-electron chi connectivity index (χ2n) is 7.93. The molecular formula is C25H23N5OS. The molecule has 1 amide bonds. The average molecular weight is 442 g/mol. The van der Waals surface area contributed by atoms with Gasteiger partial charge in [0.15, 0.2) is 11.0 Å². The molecule has 0 bridgehead atoms. The number of nitrogens with zero attached hydrogens (tertiary/aromatic N) is 4. The molecule has 1 N–H and O–H groups in total. The molecule has 1 fully saturated rings. The van der Waals surface area contributed by atoms with Crippen molar-refractivity contribution in [3.63, 3.8) is 0 Å². The Kier molecular flexibility index (Phi) is 5.73. The first-order valence-electron chi connectivity index (χ1n) is 10.6. The first kappa shape index (κ1) is 20.5. The summed E-state index contributed by atoms with van der Waals surface area (Å²) in [6, 6.07) is 24.2. The Bertz CT molecular complexity index is 1190. The molecule has 0 atom stereocenters. The topological polar surface area (TPSA) is 72.7 Å². The van der Waals surface area contributed by atoms with Crippen LogP contribution in [0.5, 0.6) is 0 Å². The molecule has 0 aliphatic heterocycles. The van der Waals surface area contributed by atoms with Gasteiger partial charge in [0.25, 0.3) is 0 Å². The molecule has 2 aromatic carbocycles. The lowest BCUT2D eigenvalue weighted by molar-refractivity contribution is -0.118. The van der Waals surface area contributed by atoms with E-state index in [0.717, 1.165) is 24.1 Å². The Morgan fingerprint density at radius 3 is 2.41 bits per heavy atom. The SMILES string of the molecule is O=C(CSc1nnc(-c2cccnc2)n1-c1ccccc1)NCC1(c2ccccc2)CC1. The number of hydrogen-bond acceptors (Lipinski definition) is 5. The third-order valence-corrected chi connectivity index (χ3v) is 6.69. The highest BCUT2D eigenvalue weighted by atomic mass is 32.2. The van der Waals surface area contributed by atoms with Crippen LogP contribution in [-0.2, 0) is 10.2 Å². The normalized spacial score (nSPS) is 14.1. The van der Waals surface area contributed by atoms with E-state index in [2.05, 4.69) is 44.8 Å². The van der Waals surface area contributed by atoms with Crippen LogP contribution < -0.4 is 5.32 Å². The summed E-state index contributed by atoms with van der Waals surface area (Å²) < 4.78 is 1.97. The number of hydrogen-bond donors (Lipinski definition) is 1. The molecule has 1 aliphatic rings. The Hall–Kier alpha value is -3.45. The number of nitrogens with one attached hydrogen (secondary N) is 1. The lowest BCUT2D eigenvalue weighted by Crippen LogP contribution is -2.33. The summed E-state index contributed by atoms with van der Waals surface area (Å²) in [4.78, 5) is 16.9. The van der Waals surface area contributed by atoms with Gasteiger partial charge in [-0.3, -0.25) is 14.3 Å². The van der Waals surface area contributed by atoms with Crippen molar-refractivity contribution < 1.29 is 4.79 Å². The number of rotatable bonds is 8. The van der Waals surface area contributed by atoms with Crippen molar-refractivity contribution in [2.45, 2.75) is 23.4 Å². The lowest BCUT2D eigenvalue weighted by atomic mass is 9.96. The van der Waals surface area contributed by atoms with Crippen molar-refractivity contribution in [3.05, 3.63) is 90.8 Å². The van der Waals surface area contributed by atoms with Crippen LogP contribution >= 0.6 is 11.8 Å². The second-order valence-corrected chi connectivity index (χ2v) is 8.87. The van der Waals surface area contributed by atoms with E-state index in [1.165, 1.54) is 17.3 Å². The highest BCUT2D eigenvalue weighted by Crippen LogP contribution is 2.47. The van der Waals surface area contributed by atoms with Crippen LogP contribution in [0.25, 0.3) is 17.1 Å². The second kappa shape index (κ2) is 8.96. The number of para-hydroxylation sites is 1. The van der Waals surface area contributed by atoms with Crippen molar-refractivity contribution in [1.82, 2.24) is 25.1 Å². The average Bonchev–Trinajstić information content (AvgIpc) is 3.54. The highest BCUT2D eigenvalue weighted by molar-refractivity contribution is 7.99. The first-order valence-corrected chi connectivity index (χ1v) is 11.6. The fourth-order valence-electron chi connectivity index (χ4n) is 3.81. The van der Waals surface area contributed by atoms with Gasteiger partial charge in [-0.15, -0.1) is 10.2 Å². The van der Waals surface area contributed by atoms with Crippen molar-refractivity contribution in [2.75, 3.05) is 12.3 Å². The maximum absolute atomic E-state index is 12.6. The minimum absolute atomic E-state index is 0.00254. The van der Waals surface area contributed by atoms with E-state index in [-0.39, 0.29) is 17.1 Å². The molecule has 32 heavy (non-hydrogen) atoms. The van der Waals surface area contributed by atoms with E-state index < -0.39 is 0 Å². The summed E-state index contributed by atoms with van der Waals surface area (Å²) >= 11 is 1.39. The largest absolute Gasteiger partial charge is 0.354 e. The van der Waals surface area contributed by atoms with Crippen LogP contribution in [0.4, 0.5) is 0 Å². The predicted molar refractivity (Wildman–Crippen MR) is 126 cm³/mol. The van der Waals surface area contributed by atoms with Gasteiger partial charge in [0, 0.05) is 35.6 Å². The molecule has 160 valence electrons. The molecule has 0 radical (unpaired) electrons. The fraction of sp³-hybridized carbons (Fsp3) is 0.200. The van der Waals surface area contributed by atoms with Crippen LogP contribution in [0.15, 0.2) is 90.3 Å². The van der Waals surface area contributed by atoms with E-state index in [4.69, 9.17) is 0 Å². The van der Waals surface area contributed by atoms with Gasteiger partial charge >= 0.3 is 0 Å². The molecule has 6 nitrogen and oxygen atoms in total. The van der Waals surface area contributed by atoms with Gasteiger partial charge in [0.05, 0.1) is 5.75 Å². The lowest BCUT2D eigenvalue weighted by Gasteiger charge is -2.16. The van der Waals surface area contributed by atoms with Crippen molar-refractivity contribution in [3.8, 4) is 17.1 Å². The van der Waals surface area contributed by atoms with Crippen molar-refractivity contribution in [1.29, 1.82) is 0 Å². The number of benzene rings is 2. The molecule has 1 aliphatic carbocycles. The van der Waals surface area contributed by atoms with Crippen LogP contribution in [0.3, 0.4) is 0 Å². The van der Waals surface area contributed by atoms with Gasteiger partial charge in [0.1, 0.15) is 0 Å². The Balaban J connectivity index is 1.29. The van der Waals surface area contributed by atoms with E-state index in [0.29, 0.717) is 17.5 Å². The molecule has 0 spiro atoms. The first-order chi connectivity index (χ1) is 15.8. The number of aromatic nitrogens is 4. The number of carbonyl (C=O) groups is 1. The Labute approximate surface area is 191 Å². The number of carbonyl (C=O) groups excluding carboxylic acids is 1. The van der Waals surface area contributed by atoms with Crippen LogP contribution in [0.1, 0.15) is 18.4 Å². The third-order valence-electron chi connectivity index (χ3n) is 5.76. The highest BCUT2D eigenvalue weighted by Gasteiger charge is 2.44. The van der Waals surface area contributed by atoms with E-state index in [1.807, 2.05) is 53.1 Å². The van der Waals surface area contributed by atoms with Gasteiger partial charge < -0.3 is 5.32 Å². The van der Waals surface area contributed by atoms with E-state index >= 15 is 0 Å². The maximum Gasteiger partial charge on any atom is 0.230 e. The Morgan fingerprint density at radius 2 is 1.72 bits per heavy atom. The molecule has 4 aromatic rings. The molecule has 7 heteroatoms. The summed E-state index contributed by atoms with van der Waals surface area (Å²) in [5.74, 6) is 0.985. The molecule has 5 rings (SSSR count). The number of pyridine rings is 1. The molecule has 0 unspecified atom stereocenters. The summed E-state index contributed by atoms with van der Waals surface area (Å²) in [6.07, 6.45) is 5.72. The summed E-state index contributed by atoms with van der Waals surface area (Å²) in [5, 5.41) is 12.6. The van der Waals surface area contributed by atoms with Crippen LogP contribution in [0.2, 0.25) is 0 Å². The van der Waals surface area contributed by atoms with Crippen LogP contribution in [0, 0.1) is 0 Å². The van der Waals surface area contributed by atoms with Crippen molar-refractivity contribution in [2.24, 2.45) is 0 Å². The zero-order valence-corrected chi connectivity index (χ0v) is 18.3. The maximum atomic E-state index is 12.6. The zero-order chi connectivity index (χ0) is 21.8. The van der Waals surface area contributed by atoms with Gasteiger partial charge in [-0.25, -0.2) is 0 Å². The molecule has 2 heterocycles. The minimum Gasteiger partial charge on any atom is -0.354 e. The monoisotopic (exact) mass is 441 g/mol. The number of thioether (sulfide) groups is 1. The van der Waals surface area contributed by atoms with E-state index in [1.54, 1.807) is 12.4 Å². The van der Waals surface area contributed by atoms with Gasteiger partial charge in [-0.2, -0.15) is 0 Å².